The molecule has 1 aliphatic rings. The number of methoxy groups -OCH3 is 1. The summed E-state index contributed by atoms with van der Waals surface area (Å²) in [4.78, 5) is 42.8. The lowest BCUT2D eigenvalue weighted by Gasteiger charge is -2.28. The van der Waals surface area contributed by atoms with E-state index in [0.29, 0.717) is 45.2 Å². The van der Waals surface area contributed by atoms with Gasteiger partial charge in [0.05, 0.1) is 36.1 Å². The van der Waals surface area contributed by atoms with E-state index in [-0.39, 0.29) is 36.4 Å². The Balaban J connectivity index is 1.57. The lowest BCUT2D eigenvalue weighted by molar-refractivity contribution is 0.0706. The van der Waals surface area contributed by atoms with Crippen molar-refractivity contribution in [3.05, 3.63) is 115 Å². The standard InChI is InChI=1S/C30H28BrClN4O4/c1-3-25(19-7-5-4-6-8-19)33-28(37)27-26-18-34(29(38)20-9-14-23(31)24(32)17-20)15-16-35(26)30(39)36(27)21-10-12-22(40-2)13-11-21/h4-14,17,25H,3,15-16,18H2,1-2H3,(H,33,37)/t25-/m1/s1. The third-order valence-corrected chi connectivity index (χ3v) is 8.33. The minimum Gasteiger partial charge on any atom is -0.497 e. The minimum absolute atomic E-state index is 0.0930. The topological polar surface area (TPSA) is 85.6 Å². The fourth-order valence-corrected chi connectivity index (χ4v) is 5.41. The maximum absolute atomic E-state index is 14.0. The van der Waals surface area contributed by atoms with E-state index < -0.39 is 5.91 Å². The van der Waals surface area contributed by atoms with E-state index in [4.69, 9.17) is 16.3 Å². The van der Waals surface area contributed by atoms with Gasteiger partial charge in [-0.3, -0.25) is 18.7 Å². The second-order valence-electron chi connectivity index (χ2n) is 9.46. The third kappa shape index (κ3) is 5.31. The number of rotatable bonds is 7. The van der Waals surface area contributed by atoms with Gasteiger partial charge < -0.3 is 15.0 Å². The van der Waals surface area contributed by atoms with Crippen molar-refractivity contribution < 1.29 is 14.3 Å². The summed E-state index contributed by atoms with van der Waals surface area (Å²) >= 11 is 9.60. The Labute approximate surface area is 245 Å². The van der Waals surface area contributed by atoms with Crippen molar-refractivity contribution in [2.45, 2.75) is 32.5 Å². The SMILES string of the molecule is CC[C@@H](NC(=O)c1c2n(c(=O)n1-c1ccc(OC)cc1)CCN(C(=O)c1ccc(Br)c(Cl)c1)C2)c1ccccc1. The highest BCUT2D eigenvalue weighted by molar-refractivity contribution is 9.10. The van der Waals surface area contributed by atoms with Gasteiger partial charge in [-0.1, -0.05) is 48.9 Å². The van der Waals surface area contributed by atoms with Crippen molar-refractivity contribution in [3.8, 4) is 11.4 Å². The van der Waals surface area contributed by atoms with Crippen molar-refractivity contribution >= 4 is 39.3 Å². The molecule has 5 rings (SSSR count). The normalized spacial score (nSPS) is 13.4. The van der Waals surface area contributed by atoms with Crippen molar-refractivity contribution in [1.82, 2.24) is 19.4 Å². The van der Waals surface area contributed by atoms with Crippen LogP contribution in [0.15, 0.2) is 82.1 Å². The molecule has 1 N–H and O–H groups in total. The maximum Gasteiger partial charge on any atom is 0.333 e. The molecule has 1 aromatic heterocycles. The molecule has 2 heterocycles. The van der Waals surface area contributed by atoms with Crippen molar-refractivity contribution in [3.63, 3.8) is 0 Å². The monoisotopic (exact) mass is 622 g/mol. The van der Waals surface area contributed by atoms with E-state index in [9.17, 15) is 14.4 Å². The number of hydrogen-bond acceptors (Lipinski definition) is 4. The summed E-state index contributed by atoms with van der Waals surface area (Å²) < 4.78 is 8.98. The van der Waals surface area contributed by atoms with Crippen LogP contribution in [0.25, 0.3) is 5.69 Å². The van der Waals surface area contributed by atoms with E-state index in [1.807, 2.05) is 37.3 Å². The first-order chi connectivity index (χ1) is 19.3. The summed E-state index contributed by atoms with van der Waals surface area (Å²) in [5.74, 6) is 0.0116. The smallest absolute Gasteiger partial charge is 0.333 e. The fraction of sp³-hybridized carbons (Fsp3) is 0.233. The zero-order valence-electron chi connectivity index (χ0n) is 22.1. The van der Waals surface area contributed by atoms with Gasteiger partial charge in [-0.15, -0.1) is 0 Å². The van der Waals surface area contributed by atoms with Gasteiger partial charge in [0.25, 0.3) is 11.8 Å². The maximum atomic E-state index is 14.0. The van der Waals surface area contributed by atoms with Crippen molar-refractivity contribution in [2.24, 2.45) is 0 Å². The molecule has 0 saturated heterocycles. The Morgan fingerprint density at radius 3 is 2.42 bits per heavy atom. The Bertz CT molecular complexity index is 1620. The van der Waals surface area contributed by atoms with E-state index in [2.05, 4.69) is 21.2 Å². The molecule has 0 spiro atoms. The highest BCUT2D eigenvalue weighted by atomic mass is 79.9. The molecular weight excluding hydrogens is 596 g/mol. The minimum atomic E-state index is -0.390. The molecule has 206 valence electrons. The van der Waals surface area contributed by atoms with Crippen LogP contribution in [0.3, 0.4) is 0 Å². The van der Waals surface area contributed by atoms with Crippen LogP contribution in [0.1, 0.15) is 51.5 Å². The Kier molecular flexibility index (Phi) is 8.14. The van der Waals surface area contributed by atoms with Crippen molar-refractivity contribution in [2.75, 3.05) is 13.7 Å². The number of carbonyl (C=O) groups is 2. The van der Waals surface area contributed by atoms with Crippen LogP contribution in [0, 0.1) is 0 Å². The number of hydrogen-bond donors (Lipinski definition) is 1. The number of ether oxygens (including phenoxy) is 1. The van der Waals surface area contributed by atoms with Gasteiger partial charge in [0.15, 0.2) is 0 Å². The number of amides is 2. The molecule has 1 atom stereocenters. The molecule has 0 radical (unpaired) electrons. The molecule has 8 nitrogen and oxygen atoms in total. The highest BCUT2D eigenvalue weighted by Crippen LogP contribution is 2.27. The first-order valence-corrected chi connectivity index (χ1v) is 14.1. The lowest BCUT2D eigenvalue weighted by atomic mass is 10.0. The third-order valence-electron chi connectivity index (χ3n) is 7.09. The van der Waals surface area contributed by atoms with Gasteiger partial charge in [-0.2, -0.15) is 0 Å². The second-order valence-corrected chi connectivity index (χ2v) is 10.7. The molecule has 0 aliphatic carbocycles. The van der Waals surface area contributed by atoms with Crippen LogP contribution < -0.4 is 15.7 Å². The number of imidazole rings is 1. The number of carbonyl (C=O) groups excluding carboxylic acids is 2. The van der Waals surface area contributed by atoms with E-state index in [1.54, 1.807) is 59.0 Å². The van der Waals surface area contributed by atoms with E-state index in [1.165, 1.54) is 4.57 Å². The molecule has 0 bridgehead atoms. The zero-order chi connectivity index (χ0) is 28.4. The molecule has 0 unspecified atom stereocenters. The quantitative estimate of drug-likeness (QED) is 0.291. The van der Waals surface area contributed by atoms with Crippen LogP contribution >= 0.6 is 27.5 Å². The number of aromatic nitrogens is 2. The molecule has 10 heteroatoms. The van der Waals surface area contributed by atoms with Gasteiger partial charge in [0.1, 0.15) is 11.4 Å². The van der Waals surface area contributed by atoms with E-state index >= 15 is 0 Å². The molecule has 0 fully saturated rings. The first kappa shape index (κ1) is 27.7. The Morgan fingerprint density at radius 1 is 1.05 bits per heavy atom. The number of halogens is 2. The molecular formula is C30H28BrClN4O4. The summed E-state index contributed by atoms with van der Waals surface area (Å²) in [5.41, 5.74) is 2.27. The van der Waals surface area contributed by atoms with Gasteiger partial charge in [-0.05, 0) is 70.4 Å². The summed E-state index contributed by atoms with van der Waals surface area (Å²) in [5, 5.41) is 3.55. The summed E-state index contributed by atoms with van der Waals surface area (Å²) in [6, 6.07) is 21.4. The first-order valence-electron chi connectivity index (χ1n) is 12.9. The molecule has 4 aromatic rings. The largest absolute Gasteiger partial charge is 0.497 e. The molecule has 1 aliphatic heterocycles. The fourth-order valence-electron chi connectivity index (χ4n) is 4.98. The average molecular weight is 624 g/mol. The Morgan fingerprint density at radius 2 is 1.77 bits per heavy atom. The average Bonchev–Trinajstić information content (AvgIpc) is 3.28. The predicted molar refractivity (Wildman–Crippen MR) is 157 cm³/mol. The van der Waals surface area contributed by atoms with Crippen molar-refractivity contribution in [1.29, 1.82) is 0 Å². The van der Waals surface area contributed by atoms with Crippen LogP contribution in [0.2, 0.25) is 5.02 Å². The van der Waals surface area contributed by atoms with Gasteiger partial charge in [0, 0.05) is 23.1 Å². The molecule has 3 aromatic carbocycles. The number of benzene rings is 3. The van der Waals surface area contributed by atoms with Crippen LogP contribution in [-0.2, 0) is 13.1 Å². The molecule has 2 amide bonds. The van der Waals surface area contributed by atoms with Gasteiger partial charge in [0.2, 0.25) is 0 Å². The van der Waals surface area contributed by atoms with Crippen LogP contribution in [-0.4, -0.2) is 39.5 Å². The number of fused-ring (bicyclic) bond motifs is 1. The van der Waals surface area contributed by atoms with E-state index in [0.717, 1.165) is 5.56 Å². The summed E-state index contributed by atoms with van der Waals surface area (Å²) in [7, 11) is 1.57. The van der Waals surface area contributed by atoms with Gasteiger partial charge >= 0.3 is 5.69 Å². The summed E-state index contributed by atoms with van der Waals surface area (Å²) in [6.45, 7) is 2.65. The number of nitrogens with zero attached hydrogens (tertiary/aromatic N) is 3. The zero-order valence-corrected chi connectivity index (χ0v) is 24.4. The van der Waals surface area contributed by atoms with Crippen LogP contribution in [0.5, 0.6) is 5.75 Å². The Hall–Kier alpha value is -3.82. The predicted octanol–water partition coefficient (Wildman–Crippen LogP) is 5.60. The number of nitrogens with one attached hydrogen (secondary N) is 1. The van der Waals surface area contributed by atoms with Gasteiger partial charge in [-0.25, -0.2) is 4.79 Å². The lowest BCUT2D eigenvalue weighted by Crippen LogP contribution is -2.41. The summed E-state index contributed by atoms with van der Waals surface area (Å²) in [6.07, 6.45) is 0.660. The molecule has 40 heavy (non-hydrogen) atoms. The second kappa shape index (κ2) is 11.7. The molecule has 0 saturated carbocycles. The van der Waals surface area contributed by atoms with Crippen LogP contribution in [0.4, 0.5) is 0 Å². The highest BCUT2D eigenvalue weighted by Gasteiger charge is 2.33.